The van der Waals surface area contributed by atoms with Gasteiger partial charge in [0.2, 0.25) is 11.8 Å². The molecule has 1 aromatic carbocycles. The number of allylic oxidation sites excluding steroid dienone is 2. The summed E-state index contributed by atoms with van der Waals surface area (Å²) in [7, 11) is 1.46. The molecule has 148 valence electrons. The van der Waals surface area contributed by atoms with E-state index in [0.717, 1.165) is 4.90 Å². The molecule has 0 aromatic heterocycles. The van der Waals surface area contributed by atoms with Crippen LogP contribution in [0.25, 0.3) is 0 Å². The van der Waals surface area contributed by atoms with Crippen molar-refractivity contribution in [1.82, 2.24) is 4.90 Å². The third kappa shape index (κ3) is 4.09. The van der Waals surface area contributed by atoms with Crippen molar-refractivity contribution in [3.63, 3.8) is 0 Å². The van der Waals surface area contributed by atoms with Crippen LogP contribution >= 0.6 is 11.6 Å². The number of halogens is 1. The highest BCUT2D eigenvalue weighted by molar-refractivity contribution is 6.32. The van der Waals surface area contributed by atoms with Crippen LogP contribution in [-0.2, 0) is 19.1 Å². The molecule has 2 atom stereocenters. The van der Waals surface area contributed by atoms with Crippen LogP contribution in [0, 0.1) is 11.8 Å². The zero-order valence-corrected chi connectivity index (χ0v) is 16.1. The molecule has 8 heteroatoms. The summed E-state index contributed by atoms with van der Waals surface area (Å²) >= 11 is 5.98. The number of amides is 2. The van der Waals surface area contributed by atoms with Gasteiger partial charge in [0.15, 0.2) is 12.4 Å². The van der Waals surface area contributed by atoms with Gasteiger partial charge >= 0.3 is 5.97 Å². The average molecular weight is 406 g/mol. The summed E-state index contributed by atoms with van der Waals surface area (Å²) in [5, 5.41) is 0.279. The molecule has 3 rings (SSSR count). The zero-order chi connectivity index (χ0) is 20.3. The summed E-state index contributed by atoms with van der Waals surface area (Å²) in [4.78, 5) is 49.9. The van der Waals surface area contributed by atoms with Crippen LogP contribution in [0.3, 0.4) is 0 Å². The van der Waals surface area contributed by atoms with E-state index in [1.807, 2.05) is 12.2 Å². The van der Waals surface area contributed by atoms with Gasteiger partial charge in [-0.2, -0.15) is 0 Å². The third-order valence-corrected chi connectivity index (χ3v) is 5.27. The summed E-state index contributed by atoms with van der Waals surface area (Å²) in [6, 6.07) is 4.52. The minimum absolute atomic E-state index is 0.0357. The number of methoxy groups -OCH3 is 1. The van der Waals surface area contributed by atoms with Crippen molar-refractivity contribution in [3.8, 4) is 5.75 Å². The first kappa shape index (κ1) is 20.1. The topological polar surface area (TPSA) is 90.0 Å². The van der Waals surface area contributed by atoms with Gasteiger partial charge in [-0.15, -0.1) is 0 Å². The number of benzene rings is 1. The summed E-state index contributed by atoms with van der Waals surface area (Å²) < 4.78 is 10.00. The molecule has 1 saturated heterocycles. The molecule has 0 saturated carbocycles. The van der Waals surface area contributed by atoms with Gasteiger partial charge < -0.3 is 9.47 Å². The highest BCUT2D eigenvalue weighted by Crippen LogP contribution is 2.35. The number of hydrogen-bond donors (Lipinski definition) is 0. The van der Waals surface area contributed by atoms with E-state index in [1.165, 1.54) is 19.2 Å². The average Bonchev–Trinajstić information content (AvgIpc) is 2.95. The maximum absolute atomic E-state index is 12.3. The van der Waals surface area contributed by atoms with Crippen LogP contribution in [0.1, 0.15) is 29.6 Å². The number of hydrogen-bond acceptors (Lipinski definition) is 6. The highest BCUT2D eigenvalue weighted by atomic mass is 35.5. The highest BCUT2D eigenvalue weighted by Gasteiger charge is 2.46. The Hall–Kier alpha value is -2.67. The minimum atomic E-state index is -0.651. The number of imide groups is 1. The Morgan fingerprint density at radius 2 is 1.79 bits per heavy atom. The van der Waals surface area contributed by atoms with Gasteiger partial charge in [0.25, 0.3) is 0 Å². The number of carbonyl (C=O) groups is 4. The standard InChI is InChI=1S/C20H20ClNO6/c1-27-17-7-6-12(10-15(17)21)16(23)11-28-18(24)8-9-22-19(25)13-4-2-3-5-14(13)20(22)26/h2-3,6-7,10,13-14H,4-5,8-9,11H2,1H3/t13-,14+. The van der Waals surface area contributed by atoms with Gasteiger partial charge in [-0.3, -0.25) is 24.1 Å². The molecular formula is C20H20ClNO6. The first-order valence-corrected chi connectivity index (χ1v) is 9.32. The van der Waals surface area contributed by atoms with Gasteiger partial charge in [-0.1, -0.05) is 23.8 Å². The Kier molecular flexibility index (Phi) is 6.14. The van der Waals surface area contributed by atoms with Crippen molar-refractivity contribution < 1.29 is 28.7 Å². The van der Waals surface area contributed by atoms with E-state index in [0.29, 0.717) is 24.2 Å². The molecule has 0 bridgehead atoms. The quantitative estimate of drug-likeness (QED) is 0.299. The van der Waals surface area contributed by atoms with Gasteiger partial charge in [0.05, 0.1) is 30.4 Å². The fourth-order valence-electron chi connectivity index (χ4n) is 3.43. The number of nitrogens with zero attached hydrogens (tertiary/aromatic N) is 1. The Morgan fingerprint density at radius 3 is 2.36 bits per heavy atom. The van der Waals surface area contributed by atoms with Gasteiger partial charge in [-0.05, 0) is 31.0 Å². The van der Waals surface area contributed by atoms with E-state index in [-0.39, 0.29) is 41.6 Å². The monoisotopic (exact) mass is 405 g/mol. The molecule has 0 N–H and O–H groups in total. The lowest BCUT2D eigenvalue weighted by molar-refractivity contribution is -0.145. The predicted octanol–water partition coefficient (Wildman–Crippen LogP) is 2.42. The Balaban J connectivity index is 1.48. The summed E-state index contributed by atoms with van der Waals surface area (Å²) in [5.41, 5.74) is 0.292. The van der Waals surface area contributed by atoms with Crippen LogP contribution in [-0.4, -0.2) is 48.7 Å². The van der Waals surface area contributed by atoms with Crippen molar-refractivity contribution in [2.75, 3.05) is 20.3 Å². The molecular weight excluding hydrogens is 386 g/mol. The summed E-state index contributed by atoms with van der Waals surface area (Å²) in [6.07, 6.45) is 4.76. The second kappa shape index (κ2) is 8.56. The number of rotatable bonds is 7. The lowest BCUT2D eigenvalue weighted by Gasteiger charge is -2.14. The van der Waals surface area contributed by atoms with Gasteiger partial charge in [0, 0.05) is 12.1 Å². The van der Waals surface area contributed by atoms with Crippen molar-refractivity contribution in [1.29, 1.82) is 0 Å². The van der Waals surface area contributed by atoms with E-state index >= 15 is 0 Å². The van der Waals surface area contributed by atoms with E-state index in [4.69, 9.17) is 21.1 Å². The van der Waals surface area contributed by atoms with Crippen molar-refractivity contribution in [2.24, 2.45) is 11.8 Å². The number of ether oxygens (including phenoxy) is 2. The fraction of sp³-hybridized carbons (Fsp3) is 0.400. The van der Waals surface area contributed by atoms with Gasteiger partial charge in [-0.25, -0.2) is 0 Å². The fourth-order valence-corrected chi connectivity index (χ4v) is 3.69. The number of carbonyl (C=O) groups excluding carboxylic acids is 4. The molecule has 2 aliphatic rings. The zero-order valence-electron chi connectivity index (χ0n) is 15.4. The predicted molar refractivity (Wildman–Crippen MR) is 100.0 cm³/mol. The van der Waals surface area contributed by atoms with Crippen LogP contribution in [0.5, 0.6) is 5.75 Å². The Bertz CT molecular complexity index is 823. The number of fused-ring (bicyclic) bond motifs is 1. The maximum atomic E-state index is 12.3. The van der Waals surface area contributed by atoms with Gasteiger partial charge in [0.1, 0.15) is 5.75 Å². The van der Waals surface area contributed by atoms with E-state index in [2.05, 4.69) is 0 Å². The van der Waals surface area contributed by atoms with Crippen LogP contribution in [0.2, 0.25) is 5.02 Å². The Labute approximate surface area is 167 Å². The summed E-state index contributed by atoms with van der Waals surface area (Å²) in [6.45, 7) is -0.482. The summed E-state index contributed by atoms with van der Waals surface area (Å²) in [5.74, 6) is -1.76. The Morgan fingerprint density at radius 1 is 1.14 bits per heavy atom. The number of ketones is 1. The maximum Gasteiger partial charge on any atom is 0.308 e. The number of esters is 1. The molecule has 28 heavy (non-hydrogen) atoms. The normalized spacial score (nSPS) is 20.9. The molecule has 1 fully saturated rings. The molecule has 1 aliphatic heterocycles. The first-order chi connectivity index (χ1) is 13.4. The van der Waals surface area contributed by atoms with Crippen molar-refractivity contribution >= 4 is 35.2 Å². The third-order valence-electron chi connectivity index (χ3n) is 4.98. The molecule has 1 heterocycles. The molecule has 0 unspecified atom stereocenters. The minimum Gasteiger partial charge on any atom is -0.495 e. The lowest BCUT2D eigenvalue weighted by Crippen LogP contribution is -2.33. The van der Waals surface area contributed by atoms with E-state index < -0.39 is 18.4 Å². The van der Waals surface area contributed by atoms with Crippen molar-refractivity contribution in [2.45, 2.75) is 19.3 Å². The second-order valence-corrected chi connectivity index (χ2v) is 7.07. The lowest BCUT2D eigenvalue weighted by atomic mass is 9.85. The van der Waals surface area contributed by atoms with E-state index in [9.17, 15) is 19.2 Å². The van der Waals surface area contributed by atoms with Crippen LogP contribution < -0.4 is 4.74 Å². The smallest absolute Gasteiger partial charge is 0.308 e. The molecule has 0 radical (unpaired) electrons. The van der Waals surface area contributed by atoms with E-state index in [1.54, 1.807) is 6.07 Å². The van der Waals surface area contributed by atoms with Crippen LogP contribution in [0.15, 0.2) is 30.4 Å². The first-order valence-electron chi connectivity index (χ1n) is 8.95. The molecule has 0 spiro atoms. The molecule has 1 aliphatic carbocycles. The molecule has 1 aromatic rings. The number of Topliss-reactive ketones (excluding diaryl/α,β-unsaturated/α-hetero) is 1. The SMILES string of the molecule is COc1ccc(C(=O)COC(=O)CCN2C(=O)[C@H]3CC=CC[C@H]3C2=O)cc1Cl. The largest absolute Gasteiger partial charge is 0.495 e. The molecule has 2 amide bonds. The number of likely N-dealkylation sites (tertiary alicyclic amines) is 1. The van der Waals surface area contributed by atoms with Crippen LogP contribution in [0.4, 0.5) is 0 Å². The second-order valence-electron chi connectivity index (χ2n) is 6.67. The van der Waals surface area contributed by atoms with Crippen molar-refractivity contribution in [3.05, 3.63) is 40.9 Å². The molecule has 7 nitrogen and oxygen atoms in total.